The Bertz CT molecular complexity index is 411. The molecule has 0 aromatic heterocycles. The standard InChI is InChI=1S/C14H20BrNO2/c1-16(13-4-2-3-5-14(13)18)11-7-6-10(9-17)12(15)8-11/h6-8,13-14,17-18H,2-5,9H2,1H3. The van der Waals surface area contributed by atoms with Crippen LogP contribution in [0.5, 0.6) is 0 Å². The second kappa shape index (κ2) is 6.04. The maximum atomic E-state index is 10.1. The zero-order valence-electron chi connectivity index (χ0n) is 10.6. The Balaban J connectivity index is 2.17. The van der Waals surface area contributed by atoms with Gasteiger partial charge in [0.1, 0.15) is 0 Å². The lowest BCUT2D eigenvalue weighted by Crippen LogP contribution is -2.43. The van der Waals surface area contributed by atoms with Crippen LogP contribution < -0.4 is 4.90 Å². The highest BCUT2D eigenvalue weighted by atomic mass is 79.9. The van der Waals surface area contributed by atoms with E-state index in [2.05, 4.69) is 20.8 Å². The van der Waals surface area contributed by atoms with Crippen molar-refractivity contribution in [3.63, 3.8) is 0 Å². The van der Waals surface area contributed by atoms with Gasteiger partial charge in [-0.25, -0.2) is 0 Å². The van der Waals surface area contributed by atoms with Crippen LogP contribution in [0.4, 0.5) is 5.69 Å². The number of hydrogen-bond acceptors (Lipinski definition) is 3. The molecule has 2 N–H and O–H groups in total. The summed E-state index contributed by atoms with van der Waals surface area (Å²) in [6.45, 7) is 0.0383. The first kappa shape index (κ1) is 13.8. The predicted octanol–water partition coefficient (Wildman–Crippen LogP) is 2.68. The Morgan fingerprint density at radius 3 is 2.67 bits per heavy atom. The number of aliphatic hydroxyl groups is 2. The van der Waals surface area contributed by atoms with E-state index in [9.17, 15) is 5.11 Å². The molecule has 0 bridgehead atoms. The minimum absolute atomic E-state index is 0.0383. The second-order valence-electron chi connectivity index (χ2n) is 4.96. The number of halogens is 1. The van der Waals surface area contributed by atoms with E-state index in [-0.39, 0.29) is 18.8 Å². The number of aliphatic hydroxyl groups excluding tert-OH is 2. The van der Waals surface area contributed by atoms with Gasteiger partial charge in [-0.2, -0.15) is 0 Å². The molecule has 0 heterocycles. The average molecular weight is 314 g/mol. The largest absolute Gasteiger partial charge is 0.392 e. The first-order chi connectivity index (χ1) is 8.63. The van der Waals surface area contributed by atoms with Crippen LogP contribution in [-0.2, 0) is 6.61 Å². The first-order valence-electron chi connectivity index (χ1n) is 6.43. The molecule has 2 atom stereocenters. The Kier molecular flexibility index (Phi) is 4.65. The SMILES string of the molecule is CN(c1ccc(CO)c(Br)c1)C1CCCCC1O. The monoisotopic (exact) mass is 313 g/mol. The van der Waals surface area contributed by atoms with Crippen LogP contribution in [0, 0.1) is 0 Å². The zero-order chi connectivity index (χ0) is 13.1. The summed E-state index contributed by atoms with van der Waals surface area (Å²) in [6.07, 6.45) is 4.00. The van der Waals surface area contributed by atoms with Crippen LogP contribution in [-0.4, -0.2) is 29.4 Å². The number of nitrogens with zero attached hydrogens (tertiary/aromatic N) is 1. The third-order valence-corrected chi connectivity index (χ3v) is 4.54. The third kappa shape index (κ3) is 2.87. The van der Waals surface area contributed by atoms with Gasteiger partial charge in [-0.05, 0) is 30.5 Å². The summed E-state index contributed by atoms with van der Waals surface area (Å²) in [4.78, 5) is 2.15. The van der Waals surface area contributed by atoms with Crippen LogP contribution in [0.2, 0.25) is 0 Å². The molecule has 1 fully saturated rings. The molecule has 100 valence electrons. The maximum Gasteiger partial charge on any atom is 0.0743 e. The fourth-order valence-corrected chi connectivity index (χ4v) is 3.11. The van der Waals surface area contributed by atoms with Crippen molar-refractivity contribution >= 4 is 21.6 Å². The fourth-order valence-electron chi connectivity index (χ4n) is 2.62. The van der Waals surface area contributed by atoms with Gasteiger partial charge in [0, 0.05) is 17.2 Å². The summed E-state index contributed by atoms with van der Waals surface area (Å²) in [5.74, 6) is 0. The van der Waals surface area contributed by atoms with E-state index >= 15 is 0 Å². The van der Waals surface area contributed by atoms with Gasteiger partial charge in [0.05, 0.1) is 18.8 Å². The molecule has 0 radical (unpaired) electrons. The molecule has 1 aliphatic carbocycles. The highest BCUT2D eigenvalue weighted by Crippen LogP contribution is 2.29. The highest BCUT2D eigenvalue weighted by molar-refractivity contribution is 9.10. The van der Waals surface area contributed by atoms with Gasteiger partial charge in [0.2, 0.25) is 0 Å². The van der Waals surface area contributed by atoms with Gasteiger partial charge in [-0.3, -0.25) is 0 Å². The van der Waals surface area contributed by atoms with Crippen molar-refractivity contribution in [3.05, 3.63) is 28.2 Å². The number of benzene rings is 1. The van der Waals surface area contributed by atoms with Gasteiger partial charge >= 0.3 is 0 Å². The molecule has 2 unspecified atom stereocenters. The Labute approximate surface area is 117 Å². The highest BCUT2D eigenvalue weighted by Gasteiger charge is 2.26. The maximum absolute atomic E-state index is 10.1. The van der Waals surface area contributed by atoms with Crippen LogP contribution in [0.15, 0.2) is 22.7 Å². The summed E-state index contributed by atoms with van der Waals surface area (Å²) < 4.78 is 0.916. The molecule has 4 heteroatoms. The lowest BCUT2D eigenvalue weighted by atomic mass is 9.91. The summed E-state index contributed by atoms with van der Waals surface area (Å²) in [5.41, 5.74) is 1.96. The molecular formula is C14H20BrNO2. The van der Waals surface area contributed by atoms with Crippen molar-refractivity contribution in [2.45, 2.75) is 44.4 Å². The number of rotatable bonds is 3. The summed E-state index contributed by atoms with van der Waals surface area (Å²) in [7, 11) is 2.03. The lowest BCUT2D eigenvalue weighted by Gasteiger charge is -2.36. The Hall–Kier alpha value is -0.580. The van der Waals surface area contributed by atoms with E-state index in [0.29, 0.717) is 0 Å². The number of hydrogen-bond donors (Lipinski definition) is 2. The Morgan fingerprint density at radius 1 is 1.33 bits per heavy atom. The molecule has 0 amide bonds. The molecular weight excluding hydrogens is 294 g/mol. The number of anilines is 1. The average Bonchev–Trinajstić information content (AvgIpc) is 2.38. The van der Waals surface area contributed by atoms with Crippen molar-refractivity contribution in [1.29, 1.82) is 0 Å². The molecule has 18 heavy (non-hydrogen) atoms. The van der Waals surface area contributed by atoms with E-state index in [0.717, 1.165) is 35.0 Å². The quantitative estimate of drug-likeness (QED) is 0.901. The van der Waals surface area contributed by atoms with Crippen LogP contribution in [0.1, 0.15) is 31.2 Å². The van der Waals surface area contributed by atoms with E-state index in [4.69, 9.17) is 5.11 Å². The Morgan fingerprint density at radius 2 is 2.06 bits per heavy atom. The third-order valence-electron chi connectivity index (χ3n) is 3.81. The lowest BCUT2D eigenvalue weighted by molar-refractivity contribution is 0.106. The first-order valence-corrected chi connectivity index (χ1v) is 7.23. The van der Waals surface area contributed by atoms with Crippen molar-refractivity contribution in [1.82, 2.24) is 0 Å². The minimum atomic E-state index is -0.236. The van der Waals surface area contributed by atoms with Crippen molar-refractivity contribution in [2.24, 2.45) is 0 Å². The van der Waals surface area contributed by atoms with Gasteiger partial charge in [-0.15, -0.1) is 0 Å². The number of likely N-dealkylation sites (N-methyl/N-ethyl adjacent to an activating group) is 1. The van der Waals surface area contributed by atoms with Crippen molar-refractivity contribution in [3.8, 4) is 0 Å². The normalized spacial score (nSPS) is 24.0. The van der Waals surface area contributed by atoms with E-state index < -0.39 is 0 Å². The molecule has 1 aromatic carbocycles. The second-order valence-corrected chi connectivity index (χ2v) is 5.82. The smallest absolute Gasteiger partial charge is 0.0743 e. The molecule has 1 aliphatic rings. The van der Waals surface area contributed by atoms with Crippen molar-refractivity contribution in [2.75, 3.05) is 11.9 Å². The topological polar surface area (TPSA) is 43.7 Å². The fraction of sp³-hybridized carbons (Fsp3) is 0.571. The van der Waals surface area contributed by atoms with Crippen LogP contribution in [0.3, 0.4) is 0 Å². The van der Waals surface area contributed by atoms with Gasteiger partial charge in [0.25, 0.3) is 0 Å². The van der Waals surface area contributed by atoms with Gasteiger partial charge in [-0.1, -0.05) is 34.8 Å². The van der Waals surface area contributed by atoms with Crippen LogP contribution >= 0.6 is 15.9 Å². The molecule has 0 saturated heterocycles. The zero-order valence-corrected chi connectivity index (χ0v) is 12.2. The predicted molar refractivity (Wildman–Crippen MR) is 76.7 cm³/mol. The molecule has 1 saturated carbocycles. The summed E-state index contributed by atoms with van der Waals surface area (Å²) >= 11 is 3.47. The summed E-state index contributed by atoms with van der Waals surface area (Å²) in [5, 5.41) is 19.2. The molecule has 2 rings (SSSR count). The van der Waals surface area contributed by atoms with E-state index in [1.165, 1.54) is 6.42 Å². The van der Waals surface area contributed by atoms with Gasteiger partial charge in [0.15, 0.2) is 0 Å². The molecule has 0 aliphatic heterocycles. The van der Waals surface area contributed by atoms with Gasteiger partial charge < -0.3 is 15.1 Å². The van der Waals surface area contributed by atoms with Crippen LogP contribution in [0.25, 0.3) is 0 Å². The summed E-state index contributed by atoms with van der Waals surface area (Å²) in [6, 6.07) is 6.13. The van der Waals surface area contributed by atoms with Crippen molar-refractivity contribution < 1.29 is 10.2 Å². The van der Waals surface area contributed by atoms with E-state index in [1.54, 1.807) is 0 Å². The van der Waals surface area contributed by atoms with E-state index in [1.807, 2.05) is 25.2 Å². The molecule has 3 nitrogen and oxygen atoms in total. The molecule has 0 spiro atoms. The minimum Gasteiger partial charge on any atom is -0.392 e. The molecule has 1 aromatic rings.